The van der Waals surface area contributed by atoms with Crippen molar-refractivity contribution in [3.8, 4) is 11.1 Å². The van der Waals surface area contributed by atoms with Crippen LogP contribution < -0.4 is 5.32 Å². The molecule has 3 aromatic rings. The molecule has 1 aliphatic heterocycles. The molecular weight excluding hydrogens is 338 g/mol. The van der Waals surface area contributed by atoms with Crippen LogP contribution in [0, 0.1) is 11.6 Å². The van der Waals surface area contributed by atoms with E-state index in [4.69, 9.17) is 4.74 Å². The summed E-state index contributed by atoms with van der Waals surface area (Å²) in [6.45, 7) is 0. The van der Waals surface area contributed by atoms with Crippen molar-refractivity contribution in [2.75, 3.05) is 0 Å². The molecule has 0 aliphatic carbocycles. The highest BCUT2D eigenvalue weighted by atomic mass is 19.2. The molecule has 0 bridgehead atoms. The van der Waals surface area contributed by atoms with E-state index >= 15 is 0 Å². The van der Waals surface area contributed by atoms with E-state index in [2.05, 4.69) is 10.3 Å². The summed E-state index contributed by atoms with van der Waals surface area (Å²) in [5.41, 5.74) is 2.95. The predicted octanol–water partition coefficient (Wildman–Crippen LogP) is 4.55. The molecule has 4 rings (SSSR count). The smallest absolute Gasteiger partial charge is 0.408 e. The lowest BCUT2D eigenvalue weighted by Crippen LogP contribution is -2.19. The van der Waals surface area contributed by atoms with Crippen LogP contribution in [0.1, 0.15) is 23.3 Å². The number of ether oxygens (including phenoxy) is 1. The molecule has 1 amide bonds. The minimum atomic E-state index is -0.986. The van der Waals surface area contributed by atoms with Gasteiger partial charge >= 0.3 is 6.09 Å². The van der Waals surface area contributed by atoms with Crippen LogP contribution in [0.3, 0.4) is 0 Å². The number of alkyl carbamates (subject to hydrolysis) is 1. The van der Waals surface area contributed by atoms with Gasteiger partial charge in [0.25, 0.3) is 0 Å². The maximum Gasteiger partial charge on any atom is 0.408 e. The third kappa shape index (κ3) is 3.01. The molecule has 0 saturated carbocycles. The maximum atomic E-state index is 13.6. The van der Waals surface area contributed by atoms with Crippen LogP contribution in [0.5, 0.6) is 0 Å². The minimum absolute atomic E-state index is 0.373. The van der Waals surface area contributed by atoms with E-state index in [-0.39, 0.29) is 0 Å². The summed E-state index contributed by atoms with van der Waals surface area (Å²) in [5.74, 6) is -1.93. The van der Waals surface area contributed by atoms with E-state index in [9.17, 15) is 13.6 Å². The number of halogens is 2. The Morgan fingerprint density at radius 1 is 0.885 bits per heavy atom. The monoisotopic (exact) mass is 352 g/mol. The van der Waals surface area contributed by atoms with E-state index in [0.717, 1.165) is 23.3 Å². The van der Waals surface area contributed by atoms with Gasteiger partial charge < -0.3 is 10.1 Å². The van der Waals surface area contributed by atoms with Crippen molar-refractivity contribution in [2.24, 2.45) is 0 Å². The molecule has 1 aliphatic rings. The number of amides is 1. The SMILES string of the molecule is O=C1N[C@H](c2cncc(-c3ccccc3)c2)[C@@H](c2ccc(F)c(F)c2)O1. The number of pyridine rings is 1. The van der Waals surface area contributed by atoms with Gasteiger partial charge in [-0.3, -0.25) is 4.98 Å². The molecule has 0 spiro atoms. The Bertz CT molecular complexity index is 963. The van der Waals surface area contributed by atoms with Crippen molar-refractivity contribution in [1.82, 2.24) is 10.3 Å². The van der Waals surface area contributed by atoms with E-state index in [1.165, 1.54) is 6.07 Å². The standard InChI is InChI=1S/C20H14F2N2O2/c21-16-7-6-13(9-17(16)22)19-18(24-20(25)26-19)15-8-14(10-23-11-15)12-4-2-1-3-5-12/h1-11,18-19H,(H,24,25)/t18-,19-/m1/s1. The number of rotatable bonds is 3. The quantitative estimate of drug-likeness (QED) is 0.752. The fraction of sp³-hybridized carbons (Fsp3) is 0.100. The van der Waals surface area contributed by atoms with Gasteiger partial charge in [-0.25, -0.2) is 13.6 Å². The number of cyclic esters (lactones) is 1. The number of carbonyl (C=O) groups is 1. The molecule has 0 radical (unpaired) electrons. The van der Waals surface area contributed by atoms with E-state index in [1.54, 1.807) is 12.4 Å². The number of nitrogens with one attached hydrogen (secondary N) is 1. The van der Waals surface area contributed by atoms with Gasteiger partial charge in [0.1, 0.15) is 6.04 Å². The first-order chi connectivity index (χ1) is 12.6. The largest absolute Gasteiger partial charge is 0.439 e. The molecule has 0 unspecified atom stereocenters. The number of benzene rings is 2. The van der Waals surface area contributed by atoms with Crippen LogP contribution in [-0.2, 0) is 4.74 Å². The molecule has 6 heteroatoms. The zero-order valence-corrected chi connectivity index (χ0v) is 13.5. The second-order valence-electron chi connectivity index (χ2n) is 5.99. The van der Waals surface area contributed by atoms with Crippen molar-refractivity contribution in [1.29, 1.82) is 0 Å². The molecule has 130 valence electrons. The van der Waals surface area contributed by atoms with Crippen LogP contribution >= 0.6 is 0 Å². The average Bonchev–Trinajstić information content (AvgIpc) is 3.07. The summed E-state index contributed by atoms with van der Waals surface area (Å²) in [4.78, 5) is 16.0. The van der Waals surface area contributed by atoms with Gasteiger partial charge in [0, 0.05) is 18.0 Å². The van der Waals surface area contributed by atoms with Crippen molar-refractivity contribution in [3.05, 3.63) is 89.8 Å². The Kier molecular flexibility index (Phi) is 4.08. The molecule has 1 fully saturated rings. The van der Waals surface area contributed by atoms with Crippen molar-refractivity contribution >= 4 is 6.09 Å². The lowest BCUT2D eigenvalue weighted by molar-refractivity contribution is 0.132. The molecule has 1 saturated heterocycles. The highest BCUT2D eigenvalue weighted by molar-refractivity contribution is 5.71. The third-order valence-electron chi connectivity index (χ3n) is 4.31. The molecule has 2 aromatic carbocycles. The maximum absolute atomic E-state index is 13.6. The van der Waals surface area contributed by atoms with Gasteiger partial charge in [-0.2, -0.15) is 0 Å². The molecule has 1 N–H and O–H groups in total. The van der Waals surface area contributed by atoms with Crippen LogP contribution in [0.25, 0.3) is 11.1 Å². The normalized spacial score (nSPS) is 19.1. The summed E-state index contributed by atoms with van der Waals surface area (Å²) >= 11 is 0. The predicted molar refractivity (Wildman–Crippen MR) is 91.1 cm³/mol. The number of nitrogens with zero attached hydrogens (tertiary/aromatic N) is 1. The Labute approximate surface area is 148 Å². The van der Waals surface area contributed by atoms with Gasteiger partial charge in [0.15, 0.2) is 17.7 Å². The second kappa shape index (κ2) is 6.55. The number of hydrogen-bond donors (Lipinski definition) is 1. The number of aromatic nitrogens is 1. The highest BCUT2D eigenvalue weighted by Gasteiger charge is 2.37. The Morgan fingerprint density at radius 2 is 1.69 bits per heavy atom. The number of hydrogen-bond acceptors (Lipinski definition) is 3. The first-order valence-electron chi connectivity index (χ1n) is 8.04. The van der Waals surface area contributed by atoms with Gasteiger partial charge in [-0.1, -0.05) is 36.4 Å². The van der Waals surface area contributed by atoms with E-state index in [1.807, 2.05) is 36.4 Å². The summed E-state index contributed by atoms with van der Waals surface area (Å²) in [7, 11) is 0. The van der Waals surface area contributed by atoms with E-state index in [0.29, 0.717) is 11.1 Å². The van der Waals surface area contributed by atoms with Gasteiger partial charge in [0.2, 0.25) is 0 Å². The fourth-order valence-electron chi connectivity index (χ4n) is 3.04. The first-order valence-corrected chi connectivity index (χ1v) is 8.04. The molecule has 2 heterocycles. The van der Waals surface area contributed by atoms with Crippen LogP contribution in [0.2, 0.25) is 0 Å². The van der Waals surface area contributed by atoms with Gasteiger partial charge in [0.05, 0.1) is 0 Å². The van der Waals surface area contributed by atoms with E-state index < -0.39 is 29.9 Å². The highest BCUT2D eigenvalue weighted by Crippen LogP contribution is 2.37. The topological polar surface area (TPSA) is 51.2 Å². The van der Waals surface area contributed by atoms with Crippen LogP contribution in [0.4, 0.5) is 13.6 Å². The van der Waals surface area contributed by atoms with Gasteiger partial charge in [-0.15, -0.1) is 0 Å². The minimum Gasteiger partial charge on any atom is -0.439 e. The van der Waals surface area contributed by atoms with Crippen LogP contribution in [0.15, 0.2) is 67.0 Å². The fourth-order valence-corrected chi connectivity index (χ4v) is 3.04. The lowest BCUT2D eigenvalue weighted by Gasteiger charge is -2.18. The molecule has 26 heavy (non-hydrogen) atoms. The summed E-state index contributed by atoms with van der Waals surface area (Å²) in [5, 5.41) is 2.71. The van der Waals surface area contributed by atoms with Crippen molar-refractivity contribution in [2.45, 2.75) is 12.1 Å². The van der Waals surface area contributed by atoms with Crippen molar-refractivity contribution in [3.63, 3.8) is 0 Å². The average molecular weight is 352 g/mol. The molecular formula is C20H14F2N2O2. The summed E-state index contributed by atoms with van der Waals surface area (Å²) < 4.78 is 32.1. The Balaban J connectivity index is 1.71. The Hall–Kier alpha value is -3.28. The van der Waals surface area contributed by atoms with Crippen LogP contribution in [-0.4, -0.2) is 11.1 Å². The summed E-state index contributed by atoms with van der Waals surface area (Å²) in [6.07, 6.45) is 1.96. The van der Waals surface area contributed by atoms with Gasteiger partial charge in [-0.05, 0) is 34.9 Å². The van der Waals surface area contributed by atoms with Crippen molar-refractivity contribution < 1.29 is 18.3 Å². The number of carbonyl (C=O) groups excluding carboxylic acids is 1. The second-order valence-corrected chi connectivity index (χ2v) is 5.99. The Morgan fingerprint density at radius 3 is 2.46 bits per heavy atom. The third-order valence-corrected chi connectivity index (χ3v) is 4.31. The lowest BCUT2D eigenvalue weighted by atomic mass is 9.95. The molecule has 4 nitrogen and oxygen atoms in total. The summed E-state index contributed by atoms with van der Waals surface area (Å²) in [6, 6.07) is 14.5. The zero-order valence-electron chi connectivity index (χ0n) is 13.5. The zero-order chi connectivity index (χ0) is 18.1. The molecule has 2 atom stereocenters. The molecule has 1 aromatic heterocycles. The first kappa shape index (κ1) is 16.2.